The normalized spacial score (nSPS) is 13.8. The Morgan fingerprint density at radius 2 is 1.89 bits per heavy atom. The summed E-state index contributed by atoms with van der Waals surface area (Å²) in [6.45, 7) is 16.0. The molecule has 0 unspecified atom stereocenters. The van der Waals surface area contributed by atoms with E-state index >= 15 is 0 Å². The standard InChI is InChI=1S/C28H28FN3O3/c1-7-9-23(8-2)32-15-22(26-14-30-20(6)31-27(26)33)13-25(28(32)34)21-10-17(3)11-24(12-21)35-16-18(4)19(5)29/h7-15,30H,4-6,16H2,1-3H3,(H,31,33)/b9-7-,23-8+. The van der Waals surface area contributed by atoms with Crippen molar-refractivity contribution in [1.82, 2.24) is 15.2 Å². The Morgan fingerprint density at radius 1 is 1.14 bits per heavy atom. The van der Waals surface area contributed by atoms with Crippen molar-refractivity contribution in [2.45, 2.75) is 20.8 Å². The summed E-state index contributed by atoms with van der Waals surface area (Å²) >= 11 is 0. The molecule has 0 saturated carbocycles. The fourth-order valence-electron chi connectivity index (χ4n) is 3.53. The second-order valence-corrected chi connectivity index (χ2v) is 8.00. The quantitative estimate of drug-likeness (QED) is 0.517. The van der Waals surface area contributed by atoms with Crippen LogP contribution in [0.15, 0.2) is 96.6 Å². The second-order valence-electron chi connectivity index (χ2n) is 8.00. The molecule has 0 bridgehead atoms. The molecular formula is C28H28FN3O3. The highest BCUT2D eigenvalue weighted by molar-refractivity contribution is 6.20. The predicted octanol–water partition coefficient (Wildman–Crippen LogP) is 5.21. The molecular weight excluding hydrogens is 445 g/mol. The van der Waals surface area contributed by atoms with Gasteiger partial charge in [0.15, 0.2) is 0 Å². The van der Waals surface area contributed by atoms with Gasteiger partial charge < -0.3 is 15.4 Å². The highest BCUT2D eigenvalue weighted by atomic mass is 19.1. The maximum atomic E-state index is 13.6. The Labute approximate surface area is 204 Å². The number of aromatic nitrogens is 1. The first kappa shape index (κ1) is 25.2. The predicted molar refractivity (Wildman–Crippen MR) is 139 cm³/mol. The van der Waals surface area contributed by atoms with Crippen molar-refractivity contribution in [2.24, 2.45) is 0 Å². The van der Waals surface area contributed by atoms with Crippen molar-refractivity contribution in [1.29, 1.82) is 0 Å². The fraction of sp³-hybridized carbons (Fsp3) is 0.143. The minimum atomic E-state index is -0.647. The molecule has 1 aliphatic heterocycles. The van der Waals surface area contributed by atoms with Crippen LogP contribution in [0.2, 0.25) is 0 Å². The number of rotatable bonds is 8. The molecule has 3 rings (SSSR count). The second kappa shape index (κ2) is 10.7. The third kappa shape index (κ3) is 5.76. The Bertz CT molecular complexity index is 1380. The van der Waals surface area contributed by atoms with E-state index in [1.54, 1.807) is 30.6 Å². The number of hydrogen-bond donors (Lipinski definition) is 2. The van der Waals surface area contributed by atoms with E-state index in [2.05, 4.69) is 30.4 Å². The van der Waals surface area contributed by atoms with E-state index in [4.69, 9.17) is 4.74 Å². The number of ether oxygens (including phenoxy) is 1. The lowest BCUT2D eigenvalue weighted by Crippen LogP contribution is -2.34. The van der Waals surface area contributed by atoms with Gasteiger partial charge in [0.1, 0.15) is 24.0 Å². The molecule has 2 aromatic rings. The summed E-state index contributed by atoms with van der Waals surface area (Å²) in [5.74, 6) is -0.165. The lowest BCUT2D eigenvalue weighted by Gasteiger charge is -2.19. The molecule has 0 atom stereocenters. The van der Waals surface area contributed by atoms with Crippen LogP contribution in [-0.2, 0) is 4.79 Å². The third-order valence-corrected chi connectivity index (χ3v) is 5.30. The third-order valence-electron chi connectivity index (χ3n) is 5.30. The lowest BCUT2D eigenvalue weighted by molar-refractivity contribution is -0.115. The first-order chi connectivity index (χ1) is 16.6. The molecule has 6 nitrogen and oxygen atoms in total. The van der Waals surface area contributed by atoms with E-state index in [1.165, 1.54) is 4.57 Å². The number of pyridine rings is 1. The number of allylic oxidation sites excluding steroid dienone is 4. The van der Waals surface area contributed by atoms with Crippen LogP contribution in [0, 0.1) is 6.92 Å². The van der Waals surface area contributed by atoms with E-state index in [0.29, 0.717) is 39.5 Å². The number of amides is 1. The molecule has 0 aliphatic carbocycles. The van der Waals surface area contributed by atoms with Gasteiger partial charge in [0, 0.05) is 34.8 Å². The number of hydrogen-bond acceptors (Lipinski definition) is 4. The Hall–Kier alpha value is -4.39. The van der Waals surface area contributed by atoms with Crippen LogP contribution in [0.1, 0.15) is 25.0 Å². The molecule has 0 fully saturated rings. The van der Waals surface area contributed by atoms with Crippen LogP contribution in [0.3, 0.4) is 0 Å². The van der Waals surface area contributed by atoms with Gasteiger partial charge >= 0.3 is 0 Å². The zero-order valence-electron chi connectivity index (χ0n) is 20.1. The van der Waals surface area contributed by atoms with E-state index in [9.17, 15) is 14.0 Å². The summed E-state index contributed by atoms with van der Waals surface area (Å²) in [5.41, 5.74) is 3.19. The highest BCUT2D eigenvalue weighted by Crippen LogP contribution is 2.28. The van der Waals surface area contributed by atoms with Crippen molar-refractivity contribution >= 4 is 17.2 Å². The van der Waals surface area contributed by atoms with Crippen molar-refractivity contribution in [3.8, 4) is 16.9 Å². The SMILES string of the molecule is C=C1NC=C(c2cc(-c3cc(C)cc(OCC(=C)C(=C)F)c3)c(=O)n(C(/C=C\C)=C/C)c2)C(=O)N1. The van der Waals surface area contributed by atoms with Crippen LogP contribution < -0.4 is 20.9 Å². The maximum absolute atomic E-state index is 13.6. The molecule has 1 aliphatic rings. The number of carbonyl (C=O) groups is 1. The molecule has 2 N–H and O–H groups in total. The maximum Gasteiger partial charge on any atom is 0.262 e. The molecule has 1 amide bonds. The molecule has 2 heterocycles. The Kier molecular flexibility index (Phi) is 7.71. The van der Waals surface area contributed by atoms with Crippen LogP contribution >= 0.6 is 0 Å². The lowest BCUT2D eigenvalue weighted by atomic mass is 9.99. The number of benzene rings is 1. The number of nitrogens with one attached hydrogen (secondary N) is 2. The smallest absolute Gasteiger partial charge is 0.262 e. The van der Waals surface area contributed by atoms with Crippen LogP contribution in [0.5, 0.6) is 5.75 Å². The molecule has 1 aromatic heterocycles. The van der Waals surface area contributed by atoms with Gasteiger partial charge in [-0.25, -0.2) is 4.39 Å². The fourth-order valence-corrected chi connectivity index (χ4v) is 3.53. The van der Waals surface area contributed by atoms with Crippen molar-refractivity contribution in [3.05, 3.63) is 113 Å². The molecule has 180 valence electrons. The van der Waals surface area contributed by atoms with Gasteiger partial charge in [-0.1, -0.05) is 38.0 Å². The first-order valence-electron chi connectivity index (χ1n) is 11.0. The van der Waals surface area contributed by atoms with Gasteiger partial charge in [-0.3, -0.25) is 14.2 Å². The average Bonchev–Trinajstić information content (AvgIpc) is 2.81. The zero-order chi connectivity index (χ0) is 25.7. The first-order valence-corrected chi connectivity index (χ1v) is 11.0. The monoisotopic (exact) mass is 473 g/mol. The number of carbonyl (C=O) groups excluding carboxylic acids is 1. The van der Waals surface area contributed by atoms with Crippen molar-refractivity contribution in [2.75, 3.05) is 6.61 Å². The Balaban J connectivity index is 2.20. The average molecular weight is 474 g/mol. The Morgan fingerprint density at radius 3 is 2.51 bits per heavy atom. The topological polar surface area (TPSA) is 72.4 Å². The van der Waals surface area contributed by atoms with Crippen LogP contribution in [0.4, 0.5) is 4.39 Å². The molecule has 1 aromatic carbocycles. The van der Waals surface area contributed by atoms with Crippen molar-refractivity contribution in [3.63, 3.8) is 0 Å². The highest BCUT2D eigenvalue weighted by Gasteiger charge is 2.21. The summed E-state index contributed by atoms with van der Waals surface area (Å²) in [5, 5.41) is 5.56. The van der Waals surface area contributed by atoms with E-state index in [-0.39, 0.29) is 23.6 Å². The summed E-state index contributed by atoms with van der Waals surface area (Å²) < 4.78 is 20.5. The molecule has 0 radical (unpaired) electrons. The zero-order valence-corrected chi connectivity index (χ0v) is 20.1. The van der Waals surface area contributed by atoms with Crippen LogP contribution in [-0.4, -0.2) is 17.1 Å². The van der Waals surface area contributed by atoms with Gasteiger partial charge in [0.2, 0.25) is 0 Å². The minimum Gasteiger partial charge on any atom is -0.489 e. The van der Waals surface area contributed by atoms with Gasteiger partial charge in [0.25, 0.3) is 11.5 Å². The number of halogens is 1. The minimum absolute atomic E-state index is 0.0743. The van der Waals surface area contributed by atoms with Crippen molar-refractivity contribution < 1.29 is 13.9 Å². The van der Waals surface area contributed by atoms with Gasteiger partial charge in [-0.15, -0.1) is 0 Å². The molecule has 0 spiro atoms. The summed E-state index contributed by atoms with van der Waals surface area (Å²) in [4.78, 5) is 26.3. The summed E-state index contributed by atoms with van der Waals surface area (Å²) in [7, 11) is 0. The summed E-state index contributed by atoms with van der Waals surface area (Å²) in [6, 6.07) is 7.00. The van der Waals surface area contributed by atoms with E-state index in [1.807, 2.05) is 45.1 Å². The molecule has 35 heavy (non-hydrogen) atoms. The number of aryl methyl sites for hydroxylation is 1. The van der Waals surface area contributed by atoms with Gasteiger partial charge in [-0.2, -0.15) is 0 Å². The van der Waals surface area contributed by atoms with Crippen LogP contribution in [0.25, 0.3) is 22.4 Å². The number of nitrogens with zero attached hydrogens (tertiary/aromatic N) is 1. The molecule has 7 heteroatoms. The summed E-state index contributed by atoms with van der Waals surface area (Å²) in [6.07, 6.45) is 8.64. The molecule has 0 saturated heterocycles. The van der Waals surface area contributed by atoms with E-state index < -0.39 is 5.83 Å². The van der Waals surface area contributed by atoms with E-state index in [0.717, 1.165) is 5.56 Å². The van der Waals surface area contributed by atoms with Gasteiger partial charge in [0.05, 0.1) is 5.57 Å². The largest absolute Gasteiger partial charge is 0.489 e. The van der Waals surface area contributed by atoms with Gasteiger partial charge in [-0.05, 0) is 56.2 Å².